The lowest BCUT2D eigenvalue weighted by Gasteiger charge is -2.14. The third kappa shape index (κ3) is 5.02. The monoisotopic (exact) mass is 429 g/mol. The molecule has 1 heterocycles. The lowest BCUT2D eigenvalue weighted by Crippen LogP contribution is -2.16. The number of allylic oxidation sites excluding steroid dienone is 1. The van der Waals surface area contributed by atoms with Gasteiger partial charge in [-0.05, 0) is 31.0 Å². The van der Waals surface area contributed by atoms with Crippen molar-refractivity contribution in [3.05, 3.63) is 82.2 Å². The second-order valence-electron chi connectivity index (χ2n) is 6.62. The summed E-state index contributed by atoms with van der Waals surface area (Å²) in [7, 11) is 1.57. The van der Waals surface area contributed by atoms with Crippen molar-refractivity contribution in [2.45, 2.75) is 13.3 Å². The van der Waals surface area contributed by atoms with E-state index in [9.17, 15) is 10.1 Å². The number of ether oxygens (including phenoxy) is 2. The molecule has 162 valence electrons. The van der Waals surface area contributed by atoms with Crippen LogP contribution in [0.25, 0.3) is 11.3 Å². The number of hydrogen-bond acceptors (Lipinski definition) is 7. The van der Waals surface area contributed by atoms with Gasteiger partial charge in [0.2, 0.25) is 5.95 Å². The van der Waals surface area contributed by atoms with E-state index in [0.717, 1.165) is 11.1 Å². The first-order valence-electron chi connectivity index (χ1n) is 9.94. The number of benzene rings is 2. The summed E-state index contributed by atoms with van der Waals surface area (Å²) in [5.41, 5.74) is 4.74. The van der Waals surface area contributed by atoms with Gasteiger partial charge >= 0.3 is 0 Å². The van der Waals surface area contributed by atoms with E-state index >= 15 is 0 Å². The zero-order valence-corrected chi connectivity index (χ0v) is 17.9. The minimum absolute atomic E-state index is 0.0592. The third-order valence-electron chi connectivity index (χ3n) is 4.49. The number of aromatic nitrogens is 2. The van der Waals surface area contributed by atoms with Crippen LogP contribution < -0.4 is 20.5 Å². The molecule has 0 unspecified atom stereocenters. The third-order valence-corrected chi connectivity index (χ3v) is 4.49. The predicted molar refractivity (Wildman–Crippen MR) is 124 cm³/mol. The Morgan fingerprint density at radius 2 is 2.09 bits per heavy atom. The van der Waals surface area contributed by atoms with Crippen LogP contribution in [0.15, 0.2) is 65.0 Å². The van der Waals surface area contributed by atoms with Crippen LogP contribution in [0.1, 0.15) is 23.6 Å². The molecule has 0 fully saturated rings. The molecule has 0 saturated carbocycles. The Balaban J connectivity index is 1.91. The number of nitrogens with one attached hydrogen (secondary N) is 2. The second-order valence-corrected chi connectivity index (χ2v) is 6.62. The highest BCUT2D eigenvalue weighted by Crippen LogP contribution is 2.33. The van der Waals surface area contributed by atoms with Crippen molar-refractivity contribution in [2.24, 2.45) is 5.10 Å². The number of methoxy groups -OCH3 is 1. The summed E-state index contributed by atoms with van der Waals surface area (Å²) in [4.78, 5) is 19.2. The molecule has 2 N–H and O–H groups in total. The van der Waals surface area contributed by atoms with Crippen LogP contribution >= 0.6 is 0 Å². The normalized spacial score (nSPS) is 10.5. The van der Waals surface area contributed by atoms with E-state index in [1.54, 1.807) is 37.6 Å². The molecule has 0 amide bonds. The van der Waals surface area contributed by atoms with Crippen molar-refractivity contribution in [3.63, 3.8) is 0 Å². The van der Waals surface area contributed by atoms with E-state index in [0.29, 0.717) is 30.1 Å². The number of H-pyrrole nitrogens is 1. The van der Waals surface area contributed by atoms with E-state index in [1.165, 1.54) is 0 Å². The molecule has 0 saturated heterocycles. The molecule has 32 heavy (non-hydrogen) atoms. The summed E-state index contributed by atoms with van der Waals surface area (Å²) in [6.07, 6.45) is 3.96. The zero-order chi connectivity index (χ0) is 22.9. The molecule has 0 aliphatic heterocycles. The van der Waals surface area contributed by atoms with Crippen LogP contribution in [0.4, 0.5) is 5.95 Å². The van der Waals surface area contributed by atoms with Crippen molar-refractivity contribution >= 4 is 12.2 Å². The standard InChI is InChI=1S/C24H23N5O3/c1-4-9-18-12-16(13-20(31-3)22(18)32-5-2)15-26-29-24-27-21(17-10-7-6-8-11-17)19(14-25)23(30)28-24/h4,6-8,10-13,15H,1,5,9H2,2-3H3,(H2,27,28,29,30). The van der Waals surface area contributed by atoms with Gasteiger partial charge in [0.15, 0.2) is 11.5 Å². The minimum Gasteiger partial charge on any atom is -0.493 e. The van der Waals surface area contributed by atoms with Gasteiger partial charge in [-0.15, -0.1) is 6.58 Å². The quantitative estimate of drug-likeness (QED) is 0.303. The fourth-order valence-electron chi connectivity index (χ4n) is 3.13. The highest BCUT2D eigenvalue weighted by Gasteiger charge is 2.14. The van der Waals surface area contributed by atoms with Gasteiger partial charge in [-0.1, -0.05) is 36.4 Å². The Hall–Kier alpha value is -4.38. The SMILES string of the molecule is C=CCc1cc(C=NNc2nc(-c3ccccc3)c(C#N)c(=O)[nH]2)cc(OC)c1OCC. The first kappa shape index (κ1) is 22.3. The van der Waals surface area contributed by atoms with Crippen LogP contribution in [-0.4, -0.2) is 29.9 Å². The van der Waals surface area contributed by atoms with E-state index in [4.69, 9.17) is 9.47 Å². The maximum absolute atomic E-state index is 12.3. The van der Waals surface area contributed by atoms with Gasteiger partial charge in [0, 0.05) is 11.1 Å². The van der Waals surface area contributed by atoms with Gasteiger partial charge in [-0.25, -0.2) is 10.4 Å². The molecule has 0 bridgehead atoms. The van der Waals surface area contributed by atoms with Crippen LogP contribution in [0, 0.1) is 11.3 Å². The Kier molecular flexibility index (Phi) is 7.38. The largest absolute Gasteiger partial charge is 0.493 e. The van der Waals surface area contributed by atoms with Crippen molar-refractivity contribution in [3.8, 4) is 28.8 Å². The summed E-state index contributed by atoms with van der Waals surface area (Å²) >= 11 is 0. The van der Waals surface area contributed by atoms with Crippen molar-refractivity contribution in [1.82, 2.24) is 9.97 Å². The smallest absolute Gasteiger partial charge is 0.270 e. The molecular formula is C24H23N5O3. The van der Waals surface area contributed by atoms with Gasteiger partial charge in [0.25, 0.3) is 5.56 Å². The molecule has 0 aliphatic rings. The van der Waals surface area contributed by atoms with E-state index in [2.05, 4.69) is 27.1 Å². The summed E-state index contributed by atoms with van der Waals surface area (Å²) in [5, 5.41) is 13.5. The Labute approximate surface area is 185 Å². The number of aromatic amines is 1. The lowest BCUT2D eigenvalue weighted by atomic mass is 10.1. The van der Waals surface area contributed by atoms with Gasteiger partial charge in [0.1, 0.15) is 11.6 Å². The number of hydrogen-bond donors (Lipinski definition) is 2. The molecule has 3 aromatic rings. The molecule has 0 radical (unpaired) electrons. The van der Waals surface area contributed by atoms with Gasteiger partial charge < -0.3 is 9.47 Å². The summed E-state index contributed by atoms with van der Waals surface area (Å²) in [6, 6.07) is 14.7. The van der Waals surface area contributed by atoms with E-state index < -0.39 is 5.56 Å². The average Bonchev–Trinajstić information content (AvgIpc) is 2.81. The van der Waals surface area contributed by atoms with Crippen molar-refractivity contribution < 1.29 is 9.47 Å². The number of nitriles is 1. The van der Waals surface area contributed by atoms with E-state index in [-0.39, 0.29) is 17.2 Å². The van der Waals surface area contributed by atoms with Crippen LogP contribution in [0.5, 0.6) is 11.5 Å². The molecule has 8 nitrogen and oxygen atoms in total. The van der Waals surface area contributed by atoms with Crippen LogP contribution in [0.3, 0.4) is 0 Å². The first-order chi connectivity index (χ1) is 15.6. The summed E-state index contributed by atoms with van der Waals surface area (Å²) in [6.45, 7) is 6.21. The molecule has 0 atom stereocenters. The molecule has 0 spiro atoms. The van der Waals surface area contributed by atoms with Crippen molar-refractivity contribution in [1.29, 1.82) is 5.26 Å². The van der Waals surface area contributed by atoms with Crippen LogP contribution in [-0.2, 0) is 6.42 Å². The molecule has 8 heteroatoms. The van der Waals surface area contributed by atoms with Gasteiger partial charge in [0.05, 0.1) is 25.6 Å². The number of nitrogens with zero attached hydrogens (tertiary/aromatic N) is 3. The van der Waals surface area contributed by atoms with Crippen molar-refractivity contribution in [2.75, 3.05) is 19.1 Å². The summed E-state index contributed by atoms with van der Waals surface area (Å²) in [5.74, 6) is 1.38. The summed E-state index contributed by atoms with van der Waals surface area (Å²) < 4.78 is 11.2. The fourth-order valence-corrected chi connectivity index (χ4v) is 3.13. The first-order valence-corrected chi connectivity index (χ1v) is 9.94. The Morgan fingerprint density at radius 3 is 2.75 bits per heavy atom. The molecule has 3 rings (SSSR count). The predicted octanol–water partition coefficient (Wildman–Crippen LogP) is 3.89. The molecule has 2 aromatic carbocycles. The Morgan fingerprint density at radius 1 is 1.31 bits per heavy atom. The molecule has 0 aliphatic carbocycles. The number of hydrazone groups is 1. The Bertz CT molecular complexity index is 1230. The highest BCUT2D eigenvalue weighted by molar-refractivity contribution is 5.82. The maximum atomic E-state index is 12.3. The number of rotatable bonds is 9. The van der Waals surface area contributed by atoms with Gasteiger partial charge in [-0.3, -0.25) is 9.78 Å². The van der Waals surface area contributed by atoms with E-state index in [1.807, 2.05) is 37.3 Å². The number of anilines is 1. The lowest BCUT2D eigenvalue weighted by molar-refractivity contribution is 0.308. The molecular weight excluding hydrogens is 406 g/mol. The topological polar surface area (TPSA) is 112 Å². The van der Waals surface area contributed by atoms with Crippen LogP contribution in [0.2, 0.25) is 0 Å². The second kappa shape index (κ2) is 10.6. The van der Waals surface area contributed by atoms with Gasteiger partial charge in [-0.2, -0.15) is 10.4 Å². The zero-order valence-electron chi connectivity index (χ0n) is 17.9. The molecule has 1 aromatic heterocycles. The average molecular weight is 429 g/mol. The maximum Gasteiger partial charge on any atom is 0.270 e. The fraction of sp³-hybridized carbons (Fsp3) is 0.167. The minimum atomic E-state index is -0.546. The highest BCUT2D eigenvalue weighted by atomic mass is 16.5.